The van der Waals surface area contributed by atoms with Gasteiger partial charge in [0, 0.05) is 11.1 Å². The van der Waals surface area contributed by atoms with E-state index in [2.05, 4.69) is 14.7 Å². The maximum Gasteiger partial charge on any atom is 0.469 e. The zero-order valence-electron chi connectivity index (χ0n) is 20.7. The van der Waals surface area contributed by atoms with Crippen LogP contribution in [0.1, 0.15) is 35.7 Å². The number of benzene rings is 2. The second kappa shape index (κ2) is 10.3. The minimum Gasteiger partial charge on any atom is -0.352 e. The molecule has 0 aliphatic heterocycles. The summed E-state index contributed by atoms with van der Waals surface area (Å²) in [4.78, 5) is 23.2. The lowest BCUT2D eigenvalue weighted by molar-refractivity contribution is -0.136. The molecule has 0 saturated carbocycles. The van der Waals surface area contributed by atoms with Crippen molar-refractivity contribution < 1.29 is 36.6 Å². The first-order chi connectivity index (χ1) is 18.3. The van der Waals surface area contributed by atoms with Crippen molar-refractivity contribution in [2.75, 3.05) is 6.61 Å². The van der Waals surface area contributed by atoms with E-state index in [9.17, 15) is 17.7 Å². The number of phosphoric ester groups is 1. The molecule has 2 aromatic heterocycles. The average molecular weight is 580 g/mol. The zero-order chi connectivity index (χ0) is 28.0. The Balaban J connectivity index is 1.41. The van der Waals surface area contributed by atoms with E-state index < -0.39 is 30.9 Å². The van der Waals surface area contributed by atoms with Crippen LogP contribution in [0, 0.1) is 0 Å². The number of thiazole rings is 1. The molecule has 1 atom stereocenters. The first-order valence-corrected chi connectivity index (χ1v) is 14.4. The molecule has 0 amide bonds. The molecule has 206 valence electrons. The first kappa shape index (κ1) is 27.7. The molecular formula is C26H25F3N3O5PS. The van der Waals surface area contributed by atoms with Gasteiger partial charge in [0.2, 0.25) is 5.76 Å². The molecule has 2 heterocycles. The Hall–Kier alpha value is -2.86. The fourth-order valence-corrected chi connectivity index (χ4v) is 6.16. The van der Waals surface area contributed by atoms with Gasteiger partial charge >= 0.3 is 14.0 Å². The summed E-state index contributed by atoms with van der Waals surface area (Å²) in [6.07, 6.45) is -2.47. The van der Waals surface area contributed by atoms with Crippen molar-refractivity contribution in [3.63, 3.8) is 0 Å². The standard InChI is InChI=1S/C26H25F3N3O5PS/c1-25(30,14-36-38(33,34)35)12-11-15-7-9-18-17(13-15)8-10-19-23(18)39-24(31-19)22-20(26(27,28)29)21(32-37-22)16-5-3-2-4-6-16/h2-7,9,13H,8,10-12,14,30H2,1H3,(H2,33,34,35)/t25-/m1/s1. The number of phosphoric acid groups is 1. The van der Waals surface area contributed by atoms with Gasteiger partial charge in [0.05, 0.1) is 17.2 Å². The molecule has 8 nitrogen and oxygen atoms in total. The van der Waals surface area contributed by atoms with E-state index in [0.717, 1.165) is 32.9 Å². The van der Waals surface area contributed by atoms with Crippen LogP contribution in [0.2, 0.25) is 0 Å². The maximum atomic E-state index is 14.2. The Kier molecular flexibility index (Phi) is 7.30. The number of rotatable bonds is 8. The molecule has 4 N–H and O–H groups in total. The lowest BCUT2D eigenvalue weighted by Gasteiger charge is -2.25. The highest BCUT2D eigenvalue weighted by Gasteiger charge is 2.42. The van der Waals surface area contributed by atoms with Crippen molar-refractivity contribution >= 4 is 19.2 Å². The molecule has 1 aliphatic carbocycles. The largest absolute Gasteiger partial charge is 0.469 e. The van der Waals surface area contributed by atoms with Crippen LogP contribution in [-0.2, 0) is 34.5 Å². The molecule has 13 heteroatoms. The molecule has 1 aliphatic rings. The summed E-state index contributed by atoms with van der Waals surface area (Å²) >= 11 is 1.15. The SMILES string of the molecule is C[C@@](N)(CCc1ccc2c(c1)CCc1nc(-c3onc(-c4ccccc4)c3C(F)(F)F)sc1-2)COP(=O)(O)O. The van der Waals surface area contributed by atoms with Gasteiger partial charge in [0.25, 0.3) is 0 Å². The highest BCUT2D eigenvalue weighted by Crippen LogP contribution is 2.47. The lowest BCUT2D eigenvalue weighted by Crippen LogP contribution is -2.41. The Morgan fingerprint density at radius 3 is 2.59 bits per heavy atom. The lowest BCUT2D eigenvalue weighted by atomic mass is 9.89. The van der Waals surface area contributed by atoms with Gasteiger partial charge < -0.3 is 20.0 Å². The van der Waals surface area contributed by atoms with Crippen LogP contribution in [0.4, 0.5) is 13.2 Å². The fraction of sp³-hybridized carbons (Fsp3) is 0.308. The van der Waals surface area contributed by atoms with Crippen LogP contribution in [0.15, 0.2) is 53.1 Å². The molecular weight excluding hydrogens is 554 g/mol. The highest BCUT2D eigenvalue weighted by atomic mass is 32.1. The van der Waals surface area contributed by atoms with Gasteiger partial charge in [-0.25, -0.2) is 9.55 Å². The summed E-state index contributed by atoms with van der Waals surface area (Å²) in [7, 11) is -4.61. The minimum absolute atomic E-state index is 0.128. The number of hydrogen-bond acceptors (Lipinski definition) is 7. The molecule has 0 unspecified atom stereocenters. The zero-order valence-corrected chi connectivity index (χ0v) is 22.4. The quantitative estimate of drug-likeness (QED) is 0.216. The van der Waals surface area contributed by atoms with Gasteiger partial charge in [-0.05, 0) is 49.3 Å². The number of hydrogen-bond donors (Lipinski definition) is 3. The molecule has 5 rings (SSSR count). The molecule has 0 bridgehead atoms. The third-order valence-corrected chi connectivity index (χ3v) is 8.10. The molecule has 4 aromatic rings. The van der Waals surface area contributed by atoms with E-state index in [1.54, 1.807) is 37.3 Å². The monoisotopic (exact) mass is 579 g/mol. The van der Waals surface area contributed by atoms with Gasteiger partial charge in [-0.3, -0.25) is 4.52 Å². The summed E-state index contributed by atoms with van der Waals surface area (Å²) in [5.41, 5.74) is 7.94. The van der Waals surface area contributed by atoms with E-state index >= 15 is 0 Å². The Labute approximate surface area is 225 Å². The Bertz CT molecular complexity index is 1550. The number of alkyl halides is 3. The number of nitrogens with zero attached hydrogens (tertiary/aromatic N) is 2. The third-order valence-electron chi connectivity index (χ3n) is 6.51. The van der Waals surface area contributed by atoms with Gasteiger partial charge in [-0.1, -0.05) is 53.7 Å². The van der Waals surface area contributed by atoms with Crippen molar-refractivity contribution in [2.24, 2.45) is 5.73 Å². The summed E-state index contributed by atoms with van der Waals surface area (Å²) in [6, 6.07) is 14.0. The van der Waals surface area contributed by atoms with Crippen LogP contribution in [0.5, 0.6) is 0 Å². The molecule has 0 spiro atoms. The maximum absolute atomic E-state index is 14.2. The van der Waals surface area contributed by atoms with Crippen LogP contribution in [0.3, 0.4) is 0 Å². The molecule has 39 heavy (non-hydrogen) atoms. The highest BCUT2D eigenvalue weighted by molar-refractivity contribution is 7.46. The second-order valence-corrected chi connectivity index (χ2v) is 12.0. The van der Waals surface area contributed by atoms with Gasteiger partial charge in [-0.15, -0.1) is 11.3 Å². The predicted octanol–water partition coefficient (Wildman–Crippen LogP) is 6.01. The number of aromatic nitrogens is 2. The van der Waals surface area contributed by atoms with Gasteiger partial charge in [0.1, 0.15) is 11.3 Å². The molecule has 2 aromatic carbocycles. The van der Waals surface area contributed by atoms with E-state index in [4.69, 9.17) is 20.0 Å². The average Bonchev–Trinajstić information content (AvgIpc) is 3.51. The summed E-state index contributed by atoms with van der Waals surface area (Å²) in [6.45, 7) is 1.37. The number of nitrogens with two attached hydrogens (primary N) is 1. The third kappa shape index (κ3) is 6.16. The molecule has 0 fully saturated rings. The van der Waals surface area contributed by atoms with Crippen molar-refractivity contribution in [1.82, 2.24) is 10.1 Å². The fourth-order valence-electron chi connectivity index (χ4n) is 4.54. The van der Waals surface area contributed by atoms with Crippen LogP contribution in [0.25, 0.3) is 32.5 Å². The first-order valence-electron chi connectivity index (χ1n) is 12.0. The number of aryl methyl sites for hydroxylation is 3. The van der Waals surface area contributed by atoms with E-state index in [1.807, 2.05) is 18.2 Å². The van der Waals surface area contributed by atoms with E-state index in [1.165, 1.54) is 0 Å². The van der Waals surface area contributed by atoms with Crippen molar-refractivity contribution in [3.05, 3.63) is 70.9 Å². The number of fused-ring (bicyclic) bond motifs is 3. The normalized spacial score (nSPS) is 15.1. The second-order valence-electron chi connectivity index (χ2n) is 9.80. The van der Waals surface area contributed by atoms with Gasteiger partial charge in [0.15, 0.2) is 5.01 Å². The van der Waals surface area contributed by atoms with Gasteiger partial charge in [-0.2, -0.15) is 13.2 Å². The Morgan fingerprint density at radius 2 is 1.90 bits per heavy atom. The van der Waals surface area contributed by atoms with Crippen molar-refractivity contribution in [2.45, 2.75) is 44.3 Å². The van der Waals surface area contributed by atoms with Crippen molar-refractivity contribution in [3.8, 4) is 32.5 Å². The van der Waals surface area contributed by atoms with Crippen molar-refractivity contribution in [1.29, 1.82) is 0 Å². The number of halogens is 3. The summed E-state index contributed by atoms with van der Waals surface area (Å²) < 4.78 is 63.3. The topological polar surface area (TPSA) is 132 Å². The van der Waals surface area contributed by atoms with Crippen LogP contribution < -0.4 is 5.73 Å². The van der Waals surface area contributed by atoms with E-state index in [0.29, 0.717) is 36.9 Å². The predicted molar refractivity (Wildman–Crippen MR) is 140 cm³/mol. The molecule has 0 radical (unpaired) electrons. The molecule has 0 saturated heterocycles. The van der Waals surface area contributed by atoms with E-state index in [-0.39, 0.29) is 17.3 Å². The smallest absolute Gasteiger partial charge is 0.352 e. The minimum atomic E-state index is -4.69. The van der Waals surface area contributed by atoms with Crippen LogP contribution >= 0.6 is 19.2 Å². The summed E-state index contributed by atoms with van der Waals surface area (Å²) in [5, 5.41) is 3.89. The Morgan fingerprint density at radius 1 is 1.15 bits per heavy atom. The van der Waals surface area contributed by atoms with Crippen LogP contribution in [-0.4, -0.2) is 32.1 Å². The summed E-state index contributed by atoms with van der Waals surface area (Å²) in [5.74, 6) is -0.390.